The van der Waals surface area contributed by atoms with Gasteiger partial charge in [-0.25, -0.2) is 4.79 Å². The molecule has 5 nitrogen and oxygen atoms in total. The van der Waals surface area contributed by atoms with E-state index >= 15 is 0 Å². The Hall–Kier alpha value is -2.56. The number of nitrogens with zero attached hydrogens (tertiary/aromatic N) is 1. The molecule has 0 saturated heterocycles. The number of ether oxygens (including phenoxy) is 2. The van der Waals surface area contributed by atoms with Crippen LogP contribution in [0.3, 0.4) is 0 Å². The lowest BCUT2D eigenvalue weighted by Gasteiger charge is -2.17. The Morgan fingerprint density at radius 3 is 2.71 bits per heavy atom. The third-order valence-electron chi connectivity index (χ3n) is 4.40. The topological polar surface area (TPSA) is 57.5 Å². The van der Waals surface area contributed by atoms with Crippen molar-refractivity contribution in [2.45, 2.75) is 33.7 Å². The lowest BCUT2D eigenvalue weighted by Crippen LogP contribution is -2.22. The molecule has 0 saturated carbocycles. The van der Waals surface area contributed by atoms with Crippen LogP contribution in [0, 0.1) is 13.8 Å². The van der Waals surface area contributed by atoms with E-state index in [4.69, 9.17) is 9.47 Å². The molecule has 1 aromatic carbocycles. The van der Waals surface area contributed by atoms with Crippen LogP contribution >= 0.6 is 0 Å². The maximum absolute atomic E-state index is 12.4. The Kier molecular flexibility index (Phi) is 4.18. The molecule has 126 valence electrons. The van der Waals surface area contributed by atoms with Gasteiger partial charge in [0.15, 0.2) is 5.43 Å². The highest BCUT2D eigenvalue weighted by atomic mass is 16.5. The summed E-state index contributed by atoms with van der Waals surface area (Å²) < 4.78 is 12.8. The van der Waals surface area contributed by atoms with Gasteiger partial charge in [0.1, 0.15) is 17.9 Å². The number of pyridine rings is 1. The molecule has 0 fully saturated rings. The van der Waals surface area contributed by atoms with E-state index < -0.39 is 5.97 Å². The highest BCUT2D eigenvalue weighted by Crippen LogP contribution is 2.36. The number of esters is 1. The van der Waals surface area contributed by atoms with E-state index in [1.807, 2.05) is 37.5 Å². The first kappa shape index (κ1) is 16.3. The van der Waals surface area contributed by atoms with Gasteiger partial charge in [-0.3, -0.25) is 4.79 Å². The molecule has 0 bridgehead atoms. The third-order valence-corrected chi connectivity index (χ3v) is 4.40. The molecule has 1 aromatic heterocycles. The van der Waals surface area contributed by atoms with Gasteiger partial charge in [-0.15, -0.1) is 0 Å². The normalized spacial score (nSPS) is 15.8. The summed E-state index contributed by atoms with van der Waals surface area (Å²) in [4.78, 5) is 24.5. The summed E-state index contributed by atoms with van der Waals surface area (Å²) in [5.41, 5.74) is 3.62. The quantitative estimate of drug-likeness (QED) is 0.795. The van der Waals surface area contributed by atoms with E-state index in [9.17, 15) is 9.59 Å². The molecule has 5 heteroatoms. The standard InChI is InChI=1S/C19H21NO4/c1-5-23-19(22)15-9-20-13(4)10-24-18-7-12(3)11(2)6-14(18)16(20)8-17(15)21/h6-9,13H,5,10H2,1-4H3/t13-/m1/s1. The van der Waals surface area contributed by atoms with Crippen molar-refractivity contribution in [3.63, 3.8) is 0 Å². The van der Waals surface area contributed by atoms with E-state index in [0.29, 0.717) is 6.61 Å². The number of carbonyl (C=O) groups excluding carboxylic acids is 1. The van der Waals surface area contributed by atoms with Crippen molar-refractivity contribution in [2.75, 3.05) is 13.2 Å². The SMILES string of the molecule is CCOC(=O)c1cn2c(cc1=O)-c1cc(C)c(C)cc1OC[C@H]2C. The van der Waals surface area contributed by atoms with Gasteiger partial charge in [-0.1, -0.05) is 0 Å². The third kappa shape index (κ3) is 2.70. The van der Waals surface area contributed by atoms with Crippen LogP contribution < -0.4 is 10.2 Å². The molecule has 0 amide bonds. The van der Waals surface area contributed by atoms with Crippen molar-refractivity contribution in [1.29, 1.82) is 0 Å². The summed E-state index contributed by atoms with van der Waals surface area (Å²) in [6.07, 6.45) is 1.59. The molecule has 24 heavy (non-hydrogen) atoms. The highest BCUT2D eigenvalue weighted by Gasteiger charge is 2.23. The van der Waals surface area contributed by atoms with E-state index in [1.54, 1.807) is 13.1 Å². The second-order valence-electron chi connectivity index (χ2n) is 6.16. The predicted molar refractivity (Wildman–Crippen MR) is 91.8 cm³/mol. The molecule has 0 radical (unpaired) electrons. The number of carbonyl (C=O) groups is 1. The molecule has 0 N–H and O–H groups in total. The second kappa shape index (κ2) is 6.15. The van der Waals surface area contributed by atoms with Gasteiger partial charge in [0, 0.05) is 17.8 Å². The first-order valence-electron chi connectivity index (χ1n) is 8.10. The van der Waals surface area contributed by atoms with E-state index in [1.165, 1.54) is 6.07 Å². The summed E-state index contributed by atoms with van der Waals surface area (Å²) in [6.45, 7) is 8.47. The van der Waals surface area contributed by atoms with Crippen molar-refractivity contribution in [1.82, 2.24) is 4.57 Å². The van der Waals surface area contributed by atoms with Crippen LogP contribution in [-0.2, 0) is 4.74 Å². The minimum atomic E-state index is -0.588. The highest BCUT2D eigenvalue weighted by molar-refractivity contribution is 5.89. The molecular weight excluding hydrogens is 306 g/mol. The monoisotopic (exact) mass is 327 g/mol. The lowest BCUT2D eigenvalue weighted by molar-refractivity contribution is 0.0523. The van der Waals surface area contributed by atoms with Gasteiger partial charge in [0.05, 0.1) is 18.3 Å². The first-order valence-corrected chi connectivity index (χ1v) is 8.10. The average Bonchev–Trinajstić information content (AvgIpc) is 2.66. The Bertz CT molecular complexity index is 866. The summed E-state index contributed by atoms with van der Waals surface area (Å²) in [5, 5.41) is 0. The zero-order valence-electron chi connectivity index (χ0n) is 14.4. The number of hydrogen-bond acceptors (Lipinski definition) is 4. The van der Waals surface area contributed by atoms with Crippen molar-refractivity contribution in [3.05, 3.63) is 51.3 Å². The van der Waals surface area contributed by atoms with Gasteiger partial charge in [0.2, 0.25) is 0 Å². The van der Waals surface area contributed by atoms with E-state index in [0.717, 1.165) is 28.1 Å². The maximum Gasteiger partial charge on any atom is 0.343 e. The van der Waals surface area contributed by atoms with Crippen LogP contribution in [0.1, 0.15) is 41.4 Å². The van der Waals surface area contributed by atoms with Gasteiger partial charge in [-0.2, -0.15) is 0 Å². The van der Waals surface area contributed by atoms with Crippen LogP contribution in [0.15, 0.2) is 29.2 Å². The van der Waals surface area contributed by atoms with Crippen LogP contribution in [0.25, 0.3) is 11.3 Å². The number of aryl methyl sites for hydroxylation is 2. The number of rotatable bonds is 2. The molecule has 1 aliphatic rings. The fourth-order valence-electron chi connectivity index (χ4n) is 2.89. The number of hydrogen-bond donors (Lipinski definition) is 0. The van der Waals surface area contributed by atoms with Gasteiger partial charge < -0.3 is 14.0 Å². The lowest BCUT2D eigenvalue weighted by atomic mass is 10.0. The molecular formula is C19H21NO4. The van der Waals surface area contributed by atoms with Crippen molar-refractivity contribution in [3.8, 4) is 17.0 Å². The fourth-order valence-corrected chi connectivity index (χ4v) is 2.89. The molecule has 0 unspecified atom stereocenters. The minimum absolute atomic E-state index is 0.0122. The zero-order chi connectivity index (χ0) is 17.4. The summed E-state index contributed by atoms with van der Waals surface area (Å²) >= 11 is 0. The number of benzene rings is 1. The Balaban J connectivity index is 2.24. The largest absolute Gasteiger partial charge is 0.491 e. The van der Waals surface area contributed by atoms with E-state index in [2.05, 4.69) is 0 Å². The van der Waals surface area contributed by atoms with Crippen molar-refractivity contribution < 1.29 is 14.3 Å². The maximum atomic E-state index is 12.4. The van der Waals surface area contributed by atoms with Crippen molar-refractivity contribution >= 4 is 5.97 Å². The summed E-state index contributed by atoms with van der Waals surface area (Å²) in [6, 6.07) is 5.52. The molecule has 3 rings (SSSR count). The van der Waals surface area contributed by atoms with Crippen LogP contribution in [-0.4, -0.2) is 23.8 Å². The molecule has 0 spiro atoms. The second-order valence-corrected chi connectivity index (χ2v) is 6.16. The van der Waals surface area contributed by atoms with Crippen LogP contribution in [0.2, 0.25) is 0 Å². The van der Waals surface area contributed by atoms with Crippen LogP contribution in [0.5, 0.6) is 5.75 Å². The Morgan fingerprint density at radius 1 is 1.29 bits per heavy atom. The summed E-state index contributed by atoms with van der Waals surface area (Å²) in [7, 11) is 0. The molecule has 2 heterocycles. The molecule has 1 aliphatic heterocycles. The molecule has 2 aromatic rings. The van der Waals surface area contributed by atoms with Gasteiger partial charge in [-0.05, 0) is 51.0 Å². The van der Waals surface area contributed by atoms with E-state index in [-0.39, 0.29) is 23.6 Å². The van der Waals surface area contributed by atoms with Crippen molar-refractivity contribution in [2.24, 2.45) is 0 Å². The molecule has 1 atom stereocenters. The number of aromatic nitrogens is 1. The molecule has 0 aliphatic carbocycles. The minimum Gasteiger partial charge on any atom is -0.491 e. The smallest absolute Gasteiger partial charge is 0.343 e. The Morgan fingerprint density at radius 2 is 2.00 bits per heavy atom. The van der Waals surface area contributed by atoms with Gasteiger partial charge in [0.25, 0.3) is 0 Å². The predicted octanol–water partition coefficient (Wildman–Crippen LogP) is 3.26. The van der Waals surface area contributed by atoms with Crippen LogP contribution in [0.4, 0.5) is 0 Å². The fraction of sp³-hybridized carbons (Fsp3) is 0.368. The Labute approximate surface area is 140 Å². The summed E-state index contributed by atoms with van der Waals surface area (Å²) in [5.74, 6) is 0.176. The van der Waals surface area contributed by atoms with Gasteiger partial charge >= 0.3 is 5.97 Å². The average molecular weight is 327 g/mol. The number of fused-ring (bicyclic) bond motifs is 3. The first-order chi connectivity index (χ1) is 11.4. The zero-order valence-corrected chi connectivity index (χ0v) is 14.4.